The van der Waals surface area contributed by atoms with Crippen LogP contribution >= 0.6 is 0 Å². The molecule has 0 aromatic carbocycles. The van der Waals surface area contributed by atoms with Crippen molar-refractivity contribution < 1.29 is 9.59 Å². The highest BCUT2D eigenvalue weighted by atomic mass is 16.2. The Kier molecular flexibility index (Phi) is 6.37. The van der Waals surface area contributed by atoms with Gasteiger partial charge in [-0.3, -0.25) is 4.79 Å². The third kappa shape index (κ3) is 4.13. The van der Waals surface area contributed by atoms with E-state index in [1.165, 1.54) is 4.90 Å². The van der Waals surface area contributed by atoms with E-state index in [1.54, 1.807) is 14.1 Å². The number of nitrogens with two attached hydrogens (primary N) is 1. The zero-order valence-electron chi connectivity index (χ0n) is 7.32. The van der Waals surface area contributed by atoms with Crippen molar-refractivity contribution in [3.8, 4) is 0 Å². The van der Waals surface area contributed by atoms with Crippen LogP contribution in [-0.4, -0.2) is 44.0 Å². The smallest absolute Gasteiger partial charge is 0.215 e. The van der Waals surface area contributed by atoms with Crippen LogP contribution in [-0.2, 0) is 9.59 Å². The fourth-order valence-electron chi connectivity index (χ4n) is 0.867. The molecule has 1 radical (unpaired) electrons. The van der Waals surface area contributed by atoms with Crippen LogP contribution < -0.4 is 5.73 Å². The van der Waals surface area contributed by atoms with Crippen LogP contribution in [0.5, 0.6) is 0 Å². The van der Waals surface area contributed by atoms with Crippen LogP contribution in [0.1, 0.15) is 0 Å². The maximum atomic E-state index is 11.2. The first-order valence-electron chi connectivity index (χ1n) is 3.95. The minimum absolute atomic E-state index is 0.0462. The normalized spacial score (nSPS) is 9.17. The second-order valence-electron chi connectivity index (χ2n) is 2.41. The Bertz CT molecular complexity index is 152. The minimum atomic E-state index is -0.0462. The fourth-order valence-corrected chi connectivity index (χ4v) is 0.867. The molecule has 0 fully saturated rings. The molecule has 12 heavy (non-hydrogen) atoms. The Morgan fingerprint density at radius 1 is 1.67 bits per heavy atom. The van der Waals surface area contributed by atoms with Crippen molar-refractivity contribution in [2.75, 3.05) is 19.6 Å². The number of carbonyl (C=O) groups is 2. The predicted octanol–water partition coefficient (Wildman–Crippen LogP) is -0.857. The van der Waals surface area contributed by atoms with E-state index in [9.17, 15) is 9.59 Å². The summed E-state index contributed by atoms with van der Waals surface area (Å²) in [4.78, 5) is 22.8. The van der Waals surface area contributed by atoms with E-state index in [-0.39, 0.29) is 12.5 Å². The topological polar surface area (TPSA) is 63.4 Å². The van der Waals surface area contributed by atoms with E-state index < -0.39 is 0 Å². The van der Waals surface area contributed by atoms with E-state index in [0.717, 1.165) is 0 Å². The molecule has 1 amide bonds. The quantitative estimate of drug-likeness (QED) is 0.415. The monoisotopic (exact) mass is 169 g/mol. The molecule has 0 aliphatic rings. The SMILES string of the molecule is C[B]CC(=O)N(CC=O)CCN. The molecular weight excluding hydrogens is 155 g/mol. The average Bonchev–Trinajstić information content (AvgIpc) is 2.04. The van der Waals surface area contributed by atoms with Gasteiger partial charge in [-0.2, -0.15) is 0 Å². The van der Waals surface area contributed by atoms with Gasteiger partial charge in [0.05, 0.1) is 6.54 Å². The zero-order valence-corrected chi connectivity index (χ0v) is 7.32. The van der Waals surface area contributed by atoms with Gasteiger partial charge in [0.15, 0.2) is 0 Å². The van der Waals surface area contributed by atoms with Crippen molar-refractivity contribution in [1.29, 1.82) is 0 Å². The average molecular weight is 169 g/mol. The van der Waals surface area contributed by atoms with Gasteiger partial charge in [-0.25, -0.2) is 0 Å². The minimum Gasteiger partial charge on any atom is -0.335 e. The van der Waals surface area contributed by atoms with Crippen LogP contribution in [0.3, 0.4) is 0 Å². The van der Waals surface area contributed by atoms with Gasteiger partial charge < -0.3 is 15.4 Å². The van der Waals surface area contributed by atoms with Crippen molar-refractivity contribution in [3.05, 3.63) is 0 Å². The molecule has 2 N–H and O–H groups in total. The summed E-state index contributed by atoms with van der Waals surface area (Å²) in [5.41, 5.74) is 5.27. The van der Waals surface area contributed by atoms with Gasteiger partial charge >= 0.3 is 0 Å². The lowest BCUT2D eigenvalue weighted by molar-refractivity contribution is -0.130. The Labute approximate surface area is 73.3 Å². The van der Waals surface area contributed by atoms with Gasteiger partial charge in [0.2, 0.25) is 5.91 Å². The van der Waals surface area contributed by atoms with Gasteiger partial charge in [-0.1, -0.05) is 6.82 Å². The van der Waals surface area contributed by atoms with Crippen LogP contribution in [0, 0.1) is 0 Å². The van der Waals surface area contributed by atoms with Crippen molar-refractivity contribution >= 4 is 19.5 Å². The Hall–Kier alpha value is -0.835. The molecule has 0 aromatic heterocycles. The number of hydrogen-bond acceptors (Lipinski definition) is 3. The van der Waals surface area contributed by atoms with E-state index in [2.05, 4.69) is 0 Å². The molecule has 67 valence electrons. The molecule has 0 saturated carbocycles. The highest BCUT2D eigenvalue weighted by Crippen LogP contribution is 1.92. The second kappa shape index (κ2) is 6.85. The largest absolute Gasteiger partial charge is 0.335 e. The van der Waals surface area contributed by atoms with Crippen LogP contribution in [0.15, 0.2) is 0 Å². The summed E-state index contributed by atoms with van der Waals surface area (Å²) in [6.07, 6.45) is 1.08. The molecule has 0 rings (SSSR count). The first-order valence-corrected chi connectivity index (χ1v) is 3.95. The van der Waals surface area contributed by atoms with Gasteiger partial charge in [0, 0.05) is 13.1 Å². The lowest BCUT2D eigenvalue weighted by Crippen LogP contribution is -2.36. The summed E-state index contributed by atoms with van der Waals surface area (Å²) < 4.78 is 0. The predicted molar refractivity (Wildman–Crippen MR) is 48.1 cm³/mol. The summed E-state index contributed by atoms with van der Waals surface area (Å²) in [5, 5.41) is 0. The molecule has 5 heteroatoms. The standard InChI is InChI=1S/C7H14BN2O2/c1-8-6-7(12)10(3-2-9)4-5-11/h5H,2-4,6,9H2,1H3. The van der Waals surface area contributed by atoms with E-state index in [1.807, 2.05) is 0 Å². The molecule has 0 unspecified atom stereocenters. The van der Waals surface area contributed by atoms with Crippen LogP contribution in [0.25, 0.3) is 0 Å². The maximum absolute atomic E-state index is 11.2. The third-order valence-electron chi connectivity index (χ3n) is 1.43. The van der Waals surface area contributed by atoms with Gasteiger partial charge in [-0.05, 0) is 6.32 Å². The van der Waals surface area contributed by atoms with Crippen molar-refractivity contribution in [1.82, 2.24) is 4.90 Å². The summed E-state index contributed by atoms with van der Waals surface area (Å²) in [5.74, 6) is -0.0462. The molecule has 0 aliphatic heterocycles. The highest BCUT2D eigenvalue weighted by Gasteiger charge is 2.09. The maximum Gasteiger partial charge on any atom is 0.215 e. The summed E-state index contributed by atoms with van der Waals surface area (Å²) in [6.45, 7) is 2.79. The molecule has 0 saturated heterocycles. The Morgan fingerprint density at radius 2 is 2.33 bits per heavy atom. The summed E-state index contributed by atoms with van der Waals surface area (Å²) in [7, 11) is 1.76. The number of amides is 1. The molecule has 0 aromatic rings. The zero-order chi connectivity index (χ0) is 9.40. The third-order valence-corrected chi connectivity index (χ3v) is 1.43. The van der Waals surface area contributed by atoms with Crippen LogP contribution in [0.4, 0.5) is 0 Å². The first-order chi connectivity index (χ1) is 5.76. The summed E-state index contributed by atoms with van der Waals surface area (Å²) in [6, 6.07) is 0. The fraction of sp³-hybridized carbons (Fsp3) is 0.714. The molecular formula is C7H14BN2O2. The molecule has 0 atom stereocenters. The highest BCUT2D eigenvalue weighted by molar-refractivity contribution is 6.39. The molecule has 4 nitrogen and oxygen atoms in total. The van der Waals surface area contributed by atoms with Gasteiger partial charge in [-0.15, -0.1) is 0 Å². The summed E-state index contributed by atoms with van der Waals surface area (Å²) >= 11 is 0. The Balaban J connectivity index is 3.89. The molecule has 0 heterocycles. The van der Waals surface area contributed by atoms with E-state index >= 15 is 0 Å². The lowest BCUT2D eigenvalue weighted by Gasteiger charge is -2.18. The number of hydrogen-bond donors (Lipinski definition) is 1. The Morgan fingerprint density at radius 3 is 2.75 bits per heavy atom. The second-order valence-corrected chi connectivity index (χ2v) is 2.41. The van der Waals surface area contributed by atoms with Gasteiger partial charge in [0.25, 0.3) is 0 Å². The molecule has 0 aliphatic carbocycles. The number of rotatable bonds is 6. The van der Waals surface area contributed by atoms with Crippen molar-refractivity contribution in [3.63, 3.8) is 0 Å². The molecule has 0 bridgehead atoms. The van der Waals surface area contributed by atoms with Crippen molar-refractivity contribution in [2.45, 2.75) is 13.1 Å². The van der Waals surface area contributed by atoms with Crippen LogP contribution in [0.2, 0.25) is 13.1 Å². The molecule has 0 spiro atoms. The van der Waals surface area contributed by atoms with Crippen molar-refractivity contribution in [2.24, 2.45) is 5.73 Å². The van der Waals surface area contributed by atoms with E-state index in [0.29, 0.717) is 25.7 Å². The van der Waals surface area contributed by atoms with E-state index in [4.69, 9.17) is 5.73 Å². The number of nitrogens with zero attached hydrogens (tertiary/aromatic N) is 1. The number of aldehydes is 1. The number of carbonyl (C=O) groups excluding carboxylic acids is 2. The van der Waals surface area contributed by atoms with Gasteiger partial charge in [0.1, 0.15) is 13.6 Å². The lowest BCUT2D eigenvalue weighted by atomic mass is 9.77. The first kappa shape index (κ1) is 11.2.